The normalized spacial score (nSPS) is 20.3. The van der Waals surface area contributed by atoms with Crippen molar-refractivity contribution < 1.29 is 34.0 Å². The van der Waals surface area contributed by atoms with E-state index in [-0.39, 0.29) is 31.1 Å². The molecule has 9 nitrogen and oxygen atoms in total. The van der Waals surface area contributed by atoms with Gasteiger partial charge in [-0.15, -0.1) is 0 Å². The molecule has 246 valence electrons. The van der Waals surface area contributed by atoms with E-state index in [1.807, 2.05) is 36.4 Å². The molecule has 0 bridgehead atoms. The molecular weight excluding hydrogens is 584 g/mol. The minimum Gasteiger partial charge on any atom is -0.481 e. The summed E-state index contributed by atoms with van der Waals surface area (Å²) >= 11 is 0. The summed E-state index contributed by atoms with van der Waals surface area (Å²) in [5, 5.41) is 21.2. The fraction of sp³-hybridized carbons (Fsp3) is 0.459. The molecule has 3 atom stereocenters. The Bertz CT molecular complexity index is 1390. The number of benzene rings is 3. The molecule has 3 aromatic rings. The van der Waals surface area contributed by atoms with Crippen LogP contribution in [0.5, 0.6) is 0 Å². The number of nitrogens with zero attached hydrogens (tertiary/aromatic N) is 1. The van der Waals surface area contributed by atoms with Gasteiger partial charge in [-0.3, -0.25) is 14.5 Å². The molecular formula is C37H46N2O7. The average molecular weight is 631 g/mol. The number of hydrogen-bond donors (Lipinski definition) is 3. The van der Waals surface area contributed by atoms with Crippen LogP contribution in [-0.4, -0.2) is 65.9 Å². The molecule has 46 heavy (non-hydrogen) atoms. The van der Waals surface area contributed by atoms with Crippen molar-refractivity contribution in [2.75, 3.05) is 32.8 Å². The van der Waals surface area contributed by atoms with E-state index in [0.29, 0.717) is 19.4 Å². The highest BCUT2D eigenvalue weighted by atomic mass is 16.7. The number of nitrogens with one attached hydrogen (secondary N) is 1. The zero-order valence-electron chi connectivity index (χ0n) is 26.4. The van der Waals surface area contributed by atoms with E-state index >= 15 is 0 Å². The molecule has 0 aromatic heterocycles. The maximum absolute atomic E-state index is 12.3. The summed E-state index contributed by atoms with van der Waals surface area (Å²) in [6, 6.07) is 24.4. The standard InChI is InChI=1S/C37H46N2O7/c40-26-27-10-12-30(13-11-27)34-23-33(25-39-18-20-44-21-19-39)45-37(46-34)31-16-14-29(15-17-31)32-7-5-6-28(22-32)24-38-35(41)8-3-1-2-4-9-36(42)43/h5-7,10-17,22,33-34,37,40H,1-4,8-9,18-21,23-26H2,(H,38,41)(H,42,43)/t33-,34+,37+/m1/s1. The number of aliphatic hydroxyl groups excluding tert-OH is 1. The Morgan fingerprint density at radius 3 is 2.24 bits per heavy atom. The fourth-order valence-electron chi connectivity index (χ4n) is 6.00. The van der Waals surface area contributed by atoms with Crippen LogP contribution in [0.15, 0.2) is 72.8 Å². The van der Waals surface area contributed by atoms with Gasteiger partial charge in [0.1, 0.15) is 0 Å². The van der Waals surface area contributed by atoms with Crippen molar-refractivity contribution >= 4 is 11.9 Å². The first-order valence-corrected chi connectivity index (χ1v) is 16.5. The molecule has 0 aliphatic carbocycles. The monoisotopic (exact) mass is 630 g/mol. The first-order chi connectivity index (χ1) is 22.5. The van der Waals surface area contributed by atoms with E-state index in [0.717, 1.165) is 91.9 Å². The largest absolute Gasteiger partial charge is 0.481 e. The van der Waals surface area contributed by atoms with E-state index in [2.05, 4.69) is 46.6 Å². The van der Waals surface area contributed by atoms with E-state index in [4.69, 9.17) is 19.3 Å². The zero-order chi connectivity index (χ0) is 32.1. The molecule has 3 N–H and O–H groups in total. The van der Waals surface area contributed by atoms with E-state index < -0.39 is 12.3 Å². The minimum absolute atomic E-state index is 0.00266. The van der Waals surface area contributed by atoms with Gasteiger partial charge in [0, 0.05) is 51.0 Å². The SMILES string of the molecule is O=C(O)CCCCCCC(=O)NCc1cccc(-c2ccc([C@H]3O[C@@H](CN4CCOCC4)C[C@@H](c4ccc(CO)cc4)O3)cc2)c1. The summed E-state index contributed by atoms with van der Waals surface area (Å²) in [5.41, 5.74) is 6.06. The number of hydrogen-bond acceptors (Lipinski definition) is 7. The Morgan fingerprint density at radius 2 is 1.52 bits per heavy atom. The van der Waals surface area contributed by atoms with E-state index in [1.54, 1.807) is 0 Å². The van der Waals surface area contributed by atoms with E-state index in [1.165, 1.54) is 0 Å². The second-order valence-electron chi connectivity index (χ2n) is 12.2. The molecule has 9 heteroatoms. The predicted octanol–water partition coefficient (Wildman–Crippen LogP) is 5.76. The highest BCUT2D eigenvalue weighted by Crippen LogP contribution is 2.38. The lowest BCUT2D eigenvalue weighted by Gasteiger charge is -2.39. The number of carboxylic acid groups (broad SMARTS) is 1. The van der Waals surface area contributed by atoms with Gasteiger partial charge in [-0.2, -0.15) is 0 Å². The van der Waals surface area contributed by atoms with Gasteiger partial charge in [0.05, 0.1) is 32.0 Å². The molecule has 0 radical (unpaired) electrons. The first kappa shape index (κ1) is 33.8. The van der Waals surface area contributed by atoms with Crippen LogP contribution in [0.4, 0.5) is 0 Å². The number of carboxylic acids is 1. The van der Waals surface area contributed by atoms with Crippen molar-refractivity contribution in [2.24, 2.45) is 0 Å². The Morgan fingerprint density at radius 1 is 0.804 bits per heavy atom. The Balaban J connectivity index is 1.19. The van der Waals surface area contributed by atoms with Gasteiger partial charge in [-0.1, -0.05) is 79.6 Å². The molecule has 2 saturated heterocycles. The molecule has 2 heterocycles. The first-order valence-electron chi connectivity index (χ1n) is 16.5. The molecule has 3 aromatic carbocycles. The second kappa shape index (κ2) is 17.4. The number of carbonyl (C=O) groups is 2. The van der Waals surface area contributed by atoms with Gasteiger partial charge in [-0.05, 0) is 46.7 Å². The Kier molecular flexibility index (Phi) is 12.7. The van der Waals surface area contributed by atoms with Crippen molar-refractivity contribution in [3.05, 3.63) is 95.1 Å². The number of amides is 1. The second-order valence-corrected chi connectivity index (χ2v) is 12.2. The smallest absolute Gasteiger partial charge is 0.303 e. The summed E-state index contributed by atoms with van der Waals surface area (Å²) in [4.78, 5) is 25.3. The maximum atomic E-state index is 12.3. The van der Waals surface area contributed by atoms with Crippen LogP contribution in [0.2, 0.25) is 0 Å². The van der Waals surface area contributed by atoms with Gasteiger partial charge in [-0.25, -0.2) is 0 Å². The lowest BCUT2D eigenvalue weighted by Crippen LogP contribution is -2.44. The number of unbranched alkanes of at least 4 members (excludes halogenated alkanes) is 3. The van der Waals surface area contributed by atoms with Crippen LogP contribution in [0.25, 0.3) is 11.1 Å². The number of morpholine rings is 1. The molecule has 5 rings (SSSR count). The van der Waals surface area contributed by atoms with Gasteiger partial charge >= 0.3 is 5.97 Å². The van der Waals surface area contributed by atoms with Crippen molar-refractivity contribution in [1.82, 2.24) is 10.2 Å². The van der Waals surface area contributed by atoms with Crippen LogP contribution in [0.3, 0.4) is 0 Å². The molecule has 1 amide bonds. The van der Waals surface area contributed by atoms with Gasteiger partial charge < -0.3 is 29.7 Å². The fourth-order valence-corrected chi connectivity index (χ4v) is 6.00. The maximum Gasteiger partial charge on any atom is 0.303 e. The van der Waals surface area contributed by atoms with Gasteiger partial charge in [0.25, 0.3) is 0 Å². The summed E-state index contributed by atoms with van der Waals surface area (Å²) < 4.78 is 18.6. The third-order valence-electron chi connectivity index (χ3n) is 8.66. The van der Waals surface area contributed by atoms with Crippen LogP contribution >= 0.6 is 0 Å². The van der Waals surface area contributed by atoms with Crippen LogP contribution in [0.1, 0.15) is 79.6 Å². The summed E-state index contributed by atoms with van der Waals surface area (Å²) in [7, 11) is 0. The summed E-state index contributed by atoms with van der Waals surface area (Å²) in [5.74, 6) is -0.762. The Hall–Kier alpha value is -3.60. The van der Waals surface area contributed by atoms with E-state index in [9.17, 15) is 14.7 Å². The molecule has 2 aliphatic rings. The van der Waals surface area contributed by atoms with Crippen LogP contribution < -0.4 is 5.32 Å². The molecule has 0 unspecified atom stereocenters. The topological polar surface area (TPSA) is 118 Å². The highest BCUT2D eigenvalue weighted by molar-refractivity contribution is 5.76. The van der Waals surface area contributed by atoms with Crippen molar-refractivity contribution in [3.8, 4) is 11.1 Å². The lowest BCUT2D eigenvalue weighted by molar-refractivity contribution is -0.253. The number of carbonyl (C=O) groups excluding carboxylic acids is 1. The lowest BCUT2D eigenvalue weighted by atomic mass is 9.99. The molecule has 0 saturated carbocycles. The van der Waals surface area contributed by atoms with Gasteiger partial charge in [0.15, 0.2) is 6.29 Å². The van der Waals surface area contributed by atoms with Crippen molar-refractivity contribution in [1.29, 1.82) is 0 Å². The highest BCUT2D eigenvalue weighted by Gasteiger charge is 2.33. The summed E-state index contributed by atoms with van der Waals surface area (Å²) in [6.07, 6.45) is 3.86. The number of aliphatic carboxylic acids is 1. The predicted molar refractivity (Wildman–Crippen MR) is 175 cm³/mol. The van der Waals surface area contributed by atoms with Crippen LogP contribution in [0, 0.1) is 0 Å². The molecule has 0 spiro atoms. The minimum atomic E-state index is -0.771. The third kappa shape index (κ3) is 10.2. The molecule has 2 fully saturated rings. The number of rotatable bonds is 15. The quantitative estimate of drug-likeness (QED) is 0.181. The van der Waals surface area contributed by atoms with Crippen molar-refractivity contribution in [2.45, 2.75) is 76.6 Å². The zero-order valence-corrected chi connectivity index (χ0v) is 26.4. The number of ether oxygens (including phenoxy) is 3. The average Bonchev–Trinajstić information content (AvgIpc) is 3.09. The van der Waals surface area contributed by atoms with Crippen LogP contribution in [-0.2, 0) is 37.0 Å². The third-order valence-corrected chi connectivity index (χ3v) is 8.66. The van der Waals surface area contributed by atoms with Crippen molar-refractivity contribution in [3.63, 3.8) is 0 Å². The number of aliphatic hydroxyl groups is 1. The van der Waals surface area contributed by atoms with Gasteiger partial charge in [0.2, 0.25) is 5.91 Å². The summed E-state index contributed by atoms with van der Waals surface area (Å²) in [6.45, 7) is 4.57. The molecule has 2 aliphatic heterocycles. The Labute approximate surface area is 271 Å².